The fourth-order valence-electron chi connectivity index (χ4n) is 1.10. The first-order valence-electron chi connectivity index (χ1n) is 4.14. The van der Waals surface area contributed by atoms with E-state index in [0.717, 1.165) is 0 Å². The first-order chi connectivity index (χ1) is 7.24. The van der Waals surface area contributed by atoms with E-state index >= 15 is 0 Å². The van der Waals surface area contributed by atoms with Crippen LogP contribution in [-0.4, -0.2) is 23.8 Å². The Morgan fingerprint density at radius 2 is 2.33 bits per heavy atom. The number of aromatic hydroxyl groups is 1. The summed E-state index contributed by atoms with van der Waals surface area (Å²) in [6.45, 7) is 0. The zero-order chi connectivity index (χ0) is 11.3. The standard InChI is InChI=1S/C11H9BrO3/c1-15-10-5-4-8(7-13)9(11(10)14)3-2-6-12/h4-5,7,14H,6H2,1H3. The minimum atomic E-state index is -0.101. The number of carbonyl (C=O) groups is 1. The molecule has 0 heterocycles. The van der Waals surface area contributed by atoms with Gasteiger partial charge in [-0.1, -0.05) is 27.8 Å². The summed E-state index contributed by atoms with van der Waals surface area (Å²) in [5, 5.41) is 10.2. The van der Waals surface area contributed by atoms with Crippen LogP contribution in [0.25, 0.3) is 0 Å². The maximum atomic E-state index is 10.7. The third kappa shape index (κ3) is 2.51. The smallest absolute Gasteiger partial charge is 0.174 e. The molecule has 0 unspecified atom stereocenters. The summed E-state index contributed by atoms with van der Waals surface area (Å²) >= 11 is 3.14. The molecule has 1 aromatic carbocycles. The maximum Gasteiger partial charge on any atom is 0.174 e. The normalized spacial score (nSPS) is 8.93. The minimum Gasteiger partial charge on any atom is -0.503 e. The lowest BCUT2D eigenvalue weighted by Crippen LogP contribution is -1.92. The molecule has 0 saturated carbocycles. The van der Waals surface area contributed by atoms with Gasteiger partial charge in [0.15, 0.2) is 17.8 Å². The molecule has 0 radical (unpaired) electrons. The van der Waals surface area contributed by atoms with Gasteiger partial charge in [0.1, 0.15) is 0 Å². The molecule has 0 aromatic heterocycles. The first-order valence-corrected chi connectivity index (χ1v) is 5.26. The number of phenolic OH excluding ortho intramolecular Hbond substituents is 1. The highest BCUT2D eigenvalue weighted by molar-refractivity contribution is 9.09. The van der Waals surface area contributed by atoms with E-state index in [4.69, 9.17) is 4.74 Å². The number of hydrogen-bond donors (Lipinski definition) is 1. The zero-order valence-electron chi connectivity index (χ0n) is 8.08. The fraction of sp³-hybridized carbons (Fsp3) is 0.182. The Labute approximate surface area is 96.2 Å². The maximum absolute atomic E-state index is 10.7. The average Bonchev–Trinajstić information content (AvgIpc) is 2.27. The summed E-state index contributed by atoms with van der Waals surface area (Å²) < 4.78 is 4.92. The topological polar surface area (TPSA) is 46.5 Å². The number of alkyl halides is 1. The summed E-state index contributed by atoms with van der Waals surface area (Å²) in [5.74, 6) is 5.63. The van der Waals surface area contributed by atoms with Crippen molar-refractivity contribution in [2.45, 2.75) is 0 Å². The summed E-state index contributed by atoms with van der Waals surface area (Å²) in [6.07, 6.45) is 0.650. The number of methoxy groups -OCH3 is 1. The monoisotopic (exact) mass is 268 g/mol. The molecule has 0 amide bonds. The molecular formula is C11H9BrO3. The predicted octanol–water partition coefficient (Wildman–Crippen LogP) is 1.96. The van der Waals surface area contributed by atoms with Crippen molar-refractivity contribution in [1.29, 1.82) is 0 Å². The van der Waals surface area contributed by atoms with Gasteiger partial charge < -0.3 is 9.84 Å². The molecule has 0 atom stereocenters. The van der Waals surface area contributed by atoms with Gasteiger partial charge in [0.2, 0.25) is 0 Å². The van der Waals surface area contributed by atoms with Crippen LogP contribution in [0.2, 0.25) is 0 Å². The van der Waals surface area contributed by atoms with E-state index in [9.17, 15) is 9.90 Å². The summed E-state index contributed by atoms with van der Waals surface area (Å²) in [4.78, 5) is 10.7. The van der Waals surface area contributed by atoms with E-state index in [1.54, 1.807) is 6.07 Å². The van der Waals surface area contributed by atoms with Gasteiger partial charge in [0, 0.05) is 5.56 Å². The second kappa shape index (κ2) is 5.42. The highest BCUT2D eigenvalue weighted by atomic mass is 79.9. The number of phenols is 1. The molecule has 3 nitrogen and oxygen atoms in total. The van der Waals surface area contributed by atoms with E-state index in [2.05, 4.69) is 27.8 Å². The predicted molar refractivity (Wildman–Crippen MR) is 60.7 cm³/mol. The van der Waals surface area contributed by atoms with E-state index < -0.39 is 0 Å². The number of carbonyl (C=O) groups excluding carboxylic acids is 1. The van der Waals surface area contributed by atoms with Crippen LogP contribution in [-0.2, 0) is 0 Å². The van der Waals surface area contributed by atoms with Crippen molar-refractivity contribution in [3.8, 4) is 23.3 Å². The Bertz CT molecular complexity index is 429. The number of hydrogen-bond acceptors (Lipinski definition) is 3. The molecule has 0 fully saturated rings. The number of benzene rings is 1. The van der Waals surface area contributed by atoms with Crippen LogP contribution in [0, 0.1) is 11.8 Å². The summed E-state index contributed by atoms with van der Waals surface area (Å²) in [6, 6.07) is 3.09. The Balaban J connectivity index is 3.35. The minimum absolute atomic E-state index is 0.101. The van der Waals surface area contributed by atoms with Crippen LogP contribution in [0.1, 0.15) is 15.9 Å². The Morgan fingerprint density at radius 1 is 1.60 bits per heavy atom. The van der Waals surface area contributed by atoms with E-state index in [0.29, 0.717) is 28.5 Å². The van der Waals surface area contributed by atoms with Gasteiger partial charge in [-0.25, -0.2) is 0 Å². The van der Waals surface area contributed by atoms with Crippen molar-refractivity contribution in [3.63, 3.8) is 0 Å². The van der Waals surface area contributed by atoms with Crippen molar-refractivity contribution in [3.05, 3.63) is 23.3 Å². The van der Waals surface area contributed by atoms with Gasteiger partial charge in [0.05, 0.1) is 18.0 Å². The van der Waals surface area contributed by atoms with Crippen LogP contribution in [0.4, 0.5) is 0 Å². The molecule has 1 rings (SSSR count). The second-order valence-corrected chi connectivity index (χ2v) is 3.19. The number of ether oxygens (including phenoxy) is 1. The van der Waals surface area contributed by atoms with E-state index in [1.807, 2.05) is 0 Å². The van der Waals surface area contributed by atoms with Crippen LogP contribution < -0.4 is 4.74 Å². The van der Waals surface area contributed by atoms with Crippen LogP contribution in [0.15, 0.2) is 12.1 Å². The van der Waals surface area contributed by atoms with Gasteiger partial charge in [0.25, 0.3) is 0 Å². The SMILES string of the molecule is COc1ccc(C=O)c(C#CCBr)c1O. The van der Waals surface area contributed by atoms with Crippen LogP contribution >= 0.6 is 15.9 Å². The molecule has 0 aliphatic rings. The quantitative estimate of drug-likeness (QED) is 0.507. The molecular weight excluding hydrogens is 260 g/mol. The summed E-state index contributed by atoms with van der Waals surface area (Å²) in [5.41, 5.74) is 0.644. The van der Waals surface area contributed by atoms with Crippen LogP contribution in [0.5, 0.6) is 11.5 Å². The highest BCUT2D eigenvalue weighted by Crippen LogP contribution is 2.30. The molecule has 4 heteroatoms. The van der Waals surface area contributed by atoms with Gasteiger partial charge in [-0.3, -0.25) is 4.79 Å². The molecule has 0 aliphatic heterocycles. The fourth-order valence-corrected chi connectivity index (χ4v) is 1.24. The summed E-state index contributed by atoms with van der Waals surface area (Å²) in [7, 11) is 1.44. The molecule has 1 aromatic rings. The van der Waals surface area contributed by atoms with Crippen molar-refractivity contribution < 1.29 is 14.6 Å². The second-order valence-electron chi connectivity index (χ2n) is 2.63. The lowest BCUT2D eigenvalue weighted by Gasteiger charge is -2.06. The first kappa shape index (κ1) is 11.6. The molecule has 15 heavy (non-hydrogen) atoms. The molecule has 0 aliphatic carbocycles. The number of halogens is 1. The lowest BCUT2D eigenvalue weighted by atomic mass is 10.1. The van der Waals surface area contributed by atoms with Gasteiger partial charge >= 0.3 is 0 Å². The Kier molecular flexibility index (Phi) is 4.19. The molecule has 0 spiro atoms. The van der Waals surface area contributed by atoms with Gasteiger partial charge in [-0.2, -0.15) is 0 Å². The van der Waals surface area contributed by atoms with Crippen LogP contribution in [0.3, 0.4) is 0 Å². The molecule has 0 saturated heterocycles. The van der Waals surface area contributed by atoms with Crippen molar-refractivity contribution in [1.82, 2.24) is 0 Å². The average molecular weight is 269 g/mol. The van der Waals surface area contributed by atoms with Gasteiger partial charge in [-0.15, -0.1) is 0 Å². The van der Waals surface area contributed by atoms with E-state index in [-0.39, 0.29) is 5.75 Å². The molecule has 0 bridgehead atoms. The zero-order valence-corrected chi connectivity index (χ0v) is 9.67. The highest BCUT2D eigenvalue weighted by Gasteiger charge is 2.10. The van der Waals surface area contributed by atoms with E-state index in [1.165, 1.54) is 13.2 Å². The largest absolute Gasteiger partial charge is 0.503 e. The lowest BCUT2D eigenvalue weighted by molar-refractivity contribution is 0.112. The molecule has 78 valence electrons. The van der Waals surface area contributed by atoms with Gasteiger partial charge in [-0.05, 0) is 12.1 Å². The number of aldehydes is 1. The molecule has 1 N–H and O–H groups in total. The van der Waals surface area contributed by atoms with Crippen molar-refractivity contribution in [2.24, 2.45) is 0 Å². The number of rotatable bonds is 2. The van der Waals surface area contributed by atoms with Crippen molar-refractivity contribution in [2.75, 3.05) is 12.4 Å². The van der Waals surface area contributed by atoms with Crippen molar-refractivity contribution >= 4 is 22.2 Å². The third-order valence-electron chi connectivity index (χ3n) is 1.80. The third-order valence-corrected chi connectivity index (χ3v) is 2.08. The Hall–Kier alpha value is -1.47. The Morgan fingerprint density at radius 3 is 2.87 bits per heavy atom.